The second kappa shape index (κ2) is 6.33. The predicted octanol–water partition coefficient (Wildman–Crippen LogP) is 1.87. The highest BCUT2D eigenvalue weighted by Gasteiger charge is 2.37. The molecule has 2 rings (SSSR count). The van der Waals surface area contributed by atoms with Crippen LogP contribution in [-0.2, 0) is 11.0 Å². The van der Waals surface area contributed by atoms with Crippen molar-refractivity contribution in [1.29, 1.82) is 0 Å². The summed E-state index contributed by atoms with van der Waals surface area (Å²) in [5.74, 6) is -1.64. The molecule has 0 saturated heterocycles. The number of carbonyl (C=O) groups is 2. The largest absolute Gasteiger partial charge is 0.434 e. The van der Waals surface area contributed by atoms with Crippen molar-refractivity contribution in [1.82, 2.24) is 10.3 Å². The first kappa shape index (κ1) is 16.3. The molecule has 1 fully saturated rings. The second-order valence-corrected chi connectivity index (χ2v) is 5.33. The van der Waals surface area contributed by atoms with Gasteiger partial charge in [0.05, 0.1) is 5.56 Å². The monoisotopic (exact) mass is 315 g/mol. The number of hydrogen-bond donors (Lipinski definition) is 2. The van der Waals surface area contributed by atoms with E-state index in [0.717, 1.165) is 12.3 Å². The minimum absolute atomic E-state index is 0.350. The lowest BCUT2D eigenvalue weighted by Crippen LogP contribution is -2.41. The maximum absolute atomic E-state index is 12.9. The van der Waals surface area contributed by atoms with Crippen molar-refractivity contribution in [2.45, 2.75) is 37.9 Å². The minimum atomic E-state index is -4.70. The summed E-state index contributed by atoms with van der Waals surface area (Å²) in [5, 5.41) is 2.55. The maximum Gasteiger partial charge on any atom is 0.434 e. The normalized spacial score (nSPS) is 22.1. The average Bonchev–Trinajstić information content (AvgIpc) is 2.46. The summed E-state index contributed by atoms with van der Waals surface area (Å²) < 4.78 is 38.6. The first-order chi connectivity index (χ1) is 10.3. The number of aromatic nitrogens is 1. The molecule has 0 unspecified atom stereocenters. The molecule has 1 heterocycles. The zero-order valence-corrected chi connectivity index (χ0v) is 11.7. The molecule has 22 heavy (non-hydrogen) atoms. The van der Waals surface area contributed by atoms with Crippen LogP contribution in [0.1, 0.15) is 41.7 Å². The van der Waals surface area contributed by atoms with Crippen molar-refractivity contribution in [2.75, 3.05) is 0 Å². The molecule has 1 saturated carbocycles. The van der Waals surface area contributed by atoms with E-state index in [2.05, 4.69) is 10.3 Å². The molecule has 2 atom stereocenters. The Balaban J connectivity index is 2.11. The van der Waals surface area contributed by atoms with Crippen LogP contribution in [-0.4, -0.2) is 22.8 Å². The lowest BCUT2D eigenvalue weighted by molar-refractivity contribution is -0.141. The second-order valence-electron chi connectivity index (χ2n) is 5.33. The third-order valence-corrected chi connectivity index (χ3v) is 3.73. The van der Waals surface area contributed by atoms with Crippen LogP contribution in [0.15, 0.2) is 18.3 Å². The lowest BCUT2D eigenvalue weighted by Gasteiger charge is -2.28. The lowest BCUT2D eigenvalue weighted by atomic mass is 9.85. The Morgan fingerprint density at radius 2 is 2.05 bits per heavy atom. The molecule has 120 valence electrons. The molecule has 8 heteroatoms. The summed E-state index contributed by atoms with van der Waals surface area (Å²) in [4.78, 5) is 26.5. The van der Waals surface area contributed by atoms with Gasteiger partial charge in [0, 0.05) is 18.2 Å². The van der Waals surface area contributed by atoms with Crippen molar-refractivity contribution < 1.29 is 22.8 Å². The Hall–Kier alpha value is -2.12. The minimum Gasteiger partial charge on any atom is -0.369 e. The van der Waals surface area contributed by atoms with Crippen molar-refractivity contribution in [3.05, 3.63) is 29.6 Å². The number of nitrogens with one attached hydrogen (secondary N) is 1. The number of amides is 2. The Bertz CT molecular complexity index is 575. The van der Waals surface area contributed by atoms with E-state index in [1.807, 2.05) is 0 Å². The molecule has 5 nitrogen and oxygen atoms in total. The predicted molar refractivity (Wildman–Crippen MR) is 71.6 cm³/mol. The number of primary amides is 1. The Kier molecular flexibility index (Phi) is 4.68. The molecule has 0 bridgehead atoms. The van der Waals surface area contributed by atoms with Crippen molar-refractivity contribution in [2.24, 2.45) is 11.7 Å². The van der Waals surface area contributed by atoms with Gasteiger partial charge in [0.25, 0.3) is 5.91 Å². The van der Waals surface area contributed by atoms with Gasteiger partial charge in [-0.05, 0) is 31.4 Å². The summed E-state index contributed by atoms with van der Waals surface area (Å²) in [6.07, 6.45) is -1.42. The van der Waals surface area contributed by atoms with E-state index in [4.69, 9.17) is 5.73 Å². The van der Waals surface area contributed by atoms with Gasteiger partial charge in [-0.2, -0.15) is 13.2 Å². The van der Waals surface area contributed by atoms with Gasteiger partial charge in [0.2, 0.25) is 5.91 Å². The van der Waals surface area contributed by atoms with E-state index in [1.54, 1.807) is 0 Å². The summed E-state index contributed by atoms with van der Waals surface area (Å²) in [6.45, 7) is 0. The van der Waals surface area contributed by atoms with E-state index in [-0.39, 0.29) is 12.0 Å². The topological polar surface area (TPSA) is 85.1 Å². The van der Waals surface area contributed by atoms with Crippen molar-refractivity contribution in [3.63, 3.8) is 0 Å². The number of hydrogen-bond acceptors (Lipinski definition) is 3. The zero-order chi connectivity index (χ0) is 16.3. The summed E-state index contributed by atoms with van der Waals surface area (Å²) in [7, 11) is 0. The van der Waals surface area contributed by atoms with E-state index in [0.29, 0.717) is 25.7 Å². The van der Waals surface area contributed by atoms with Crippen molar-refractivity contribution >= 4 is 11.8 Å². The van der Waals surface area contributed by atoms with E-state index in [9.17, 15) is 22.8 Å². The fraction of sp³-hybridized carbons (Fsp3) is 0.500. The van der Waals surface area contributed by atoms with Crippen LogP contribution in [0.2, 0.25) is 0 Å². The van der Waals surface area contributed by atoms with Crippen LogP contribution in [0, 0.1) is 5.92 Å². The number of carbonyl (C=O) groups excluding carboxylic acids is 2. The molecular weight excluding hydrogens is 299 g/mol. The van der Waals surface area contributed by atoms with E-state index >= 15 is 0 Å². The van der Waals surface area contributed by atoms with E-state index in [1.165, 1.54) is 6.07 Å². The molecule has 0 aliphatic heterocycles. The van der Waals surface area contributed by atoms with Crippen molar-refractivity contribution in [3.8, 4) is 0 Å². The molecular formula is C14H16F3N3O2. The van der Waals surface area contributed by atoms with Gasteiger partial charge in [0.15, 0.2) is 5.69 Å². The fourth-order valence-electron chi connectivity index (χ4n) is 2.66. The number of nitrogens with two attached hydrogens (primary N) is 1. The third kappa shape index (κ3) is 3.75. The van der Waals surface area contributed by atoms with Crippen LogP contribution >= 0.6 is 0 Å². The van der Waals surface area contributed by atoms with Gasteiger partial charge in [0.1, 0.15) is 0 Å². The van der Waals surface area contributed by atoms with Gasteiger partial charge in [-0.25, -0.2) is 0 Å². The quantitative estimate of drug-likeness (QED) is 0.893. The highest BCUT2D eigenvalue weighted by atomic mass is 19.4. The first-order valence-electron chi connectivity index (χ1n) is 6.91. The van der Waals surface area contributed by atoms with Crippen LogP contribution < -0.4 is 11.1 Å². The fourth-order valence-corrected chi connectivity index (χ4v) is 2.66. The molecule has 2 amide bonds. The number of halogens is 3. The molecule has 1 aliphatic rings. The average molecular weight is 315 g/mol. The van der Waals surface area contributed by atoms with Crippen LogP contribution in [0.5, 0.6) is 0 Å². The van der Waals surface area contributed by atoms with Gasteiger partial charge in [-0.1, -0.05) is 6.42 Å². The number of rotatable bonds is 3. The Morgan fingerprint density at radius 3 is 2.68 bits per heavy atom. The first-order valence-corrected chi connectivity index (χ1v) is 6.91. The molecule has 0 radical (unpaired) electrons. The third-order valence-electron chi connectivity index (χ3n) is 3.73. The summed E-state index contributed by atoms with van der Waals surface area (Å²) in [5.41, 5.74) is 3.51. The van der Waals surface area contributed by atoms with Gasteiger partial charge in [-0.3, -0.25) is 14.6 Å². The standard InChI is InChI=1S/C14H16F3N3O2/c15-14(16,17)11-10(5-2-6-19-11)13(22)20-9-4-1-3-8(7-9)12(18)21/h2,5-6,8-9H,1,3-4,7H2,(H2,18,21)(H,20,22)/t8-,9+/m0/s1. The number of alkyl halides is 3. The molecule has 1 aliphatic carbocycles. The van der Waals surface area contributed by atoms with Crippen LogP contribution in [0.3, 0.4) is 0 Å². The van der Waals surface area contributed by atoms with Gasteiger partial charge < -0.3 is 11.1 Å². The Morgan fingerprint density at radius 1 is 1.32 bits per heavy atom. The molecule has 1 aromatic heterocycles. The SMILES string of the molecule is NC(=O)[C@H]1CCC[C@@H](NC(=O)c2cccnc2C(F)(F)F)C1. The number of pyridine rings is 1. The maximum atomic E-state index is 12.9. The molecule has 0 aromatic carbocycles. The highest BCUT2D eigenvalue weighted by molar-refractivity contribution is 5.95. The highest BCUT2D eigenvalue weighted by Crippen LogP contribution is 2.30. The zero-order valence-electron chi connectivity index (χ0n) is 11.7. The van der Waals surface area contributed by atoms with Gasteiger partial charge in [-0.15, -0.1) is 0 Å². The van der Waals surface area contributed by atoms with Gasteiger partial charge >= 0.3 is 6.18 Å². The number of nitrogens with zero attached hydrogens (tertiary/aromatic N) is 1. The van der Waals surface area contributed by atoms with Crippen LogP contribution in [0.25, 0.3) is 0 Å². The Labute approximate surface area is 125 Å². The molecule has 0 spiro atoms. The molecule has 3 N–H and O–H groups in total. The van der Waals surface area contributed by atoms with E-state index < -0.39 is 29.2 Å². The molecule has 1 aromatic rings. The smallest absolute Gasteiger partial charge is 0.369 e. The van der Waals surface area contributed by atoms with Crippen LogP contribution in [0.4, 0.5) is 13.2 Å². The summed E-state index contributed by atoms with van der Waals surface area (Å²) in [6, 6.07) is 2.00. The summed E-state index contributed by atoms with van der Waals surface area (Å²) >= 11 is 0.